The van der Waals surface area contributed by atoms with E-state index in [0.717, 1.165) is 17.7 Å². The lowest BCUT2D eigenvalue weighted by Gasteiger charge is -2.33. The van der Waals surface area contributed by atoms with E-state index in [1.54, 1.807) is 10.9 Å². The summed E-state index contributed by atoms with van der Waals surface area (Å²) in [4.78, 5) is 0. The van der Waals surface area contributed by atoms with E-state index in [2.05, 4.69) is 10.4 Å². The maximum Gasteiger partial charge on any atom is 0.393 e. The Hall–Kier alpha value is -1.04. The van der Waals surface area contributed by atoms with Crippen LogP contribution in [-0.4, -0.2) is 22.0 Å². The molecule has 1 heterocycles. The summed E-state index contributed by atoms with van der Waals surface area (Å²) in [6.45, 7) is 2.38. The number of hydrogen-bond donors (Lipinski definition) is 1. The first kappa shape index (κ1) is 14.4. The maximum absolute atomic E-state index is 12.9. The van der Waals surface area contributed by atoms with Crippen molar-refractivity contribution in [2.24, 2.45) is 13.0 Å². The minimum Gasteiger partial charge on any atom is -0.309 e. The van der Waals surface area contributed by atoms with Gasteiger partial charge in [-0.3, -0.25) is 4.68 Å². The molecule has 1 aromatic rings. The van der Waals surface area contributed by atoms with Crippen LogP contribution in [0.4, 0.5) is 13.2 Å². The van der Waals surface area contributed by atoms with E-state index >= 15 is 0 Å². The molecule has 1 saturated carbocycles. The van der Waals surface area contributed by atoms with Gasteiger partial charge in [0.2, 0.25) is 0 Å². The van der Waals surface area contributed by atoms with Crippen LogP contribution in [-0.2, 0) is 13.6 Å². The van der Waals surface area contributed by atoms with Gasteiger partial charge in [-0.1, -0.05) is 12.8 Å². The monoisotopic (exact) mass is 275 g/mol. The Morgan fingerprint density at radius 3 is 2.63 bits per heavy atom. The van der Waals surface area contributed by atoms with Crippen LogP contribution in [0.15, 0.2) is 6.20 Å². The molecule has 0 aliphatic heterocycles. The third-order valence-electron chi connectivity index (χ3n) is 4.08. The van der Waals surface area contributed by atoms with Gasteiger partial charge in [-0.05, 0) is 19.8 Å². The van der Waals surface area contributed by atoms with Gasteiger partial charge in [0.05, 0.1) is 12.1 Å². The highest BCUT2D eigenvalue weighted by molar-refractivity contribution is 5.15. The zero-order chi connectivity index (χ0) is 14.0. The second-order valence-corrected chi connectivity index (χ2v) is 5.30. The number of aryl methyl sites for hydroxylation is 1. The molecule has 0 spiro atoms. The molecule has 1 N–H and O–H groups in total. The number of rotatable bonds is 3. The molecule has 1 aliphatic rings. The van der Waals surface area contributed by atoms with Gasteiger partial charge in [-0.15, -0.1) is 0 Å². The van der Waals surface area contributed by atoms with Crippen molar-refractivity contribution >= 4 is 0 Å². The average Bonchev–Trinajstić information content (AvgIpc) is 2.67. The molecule has 6 heteroatoms. The summed E-state index contributed by atoms with van der Waals surface area (Å²) in [7, 11) is 1.83. The normalized spacial score (nSPS) is 24.7. The van der Waals surface area contributed by atoms with Gasteiger partial charge in [0.25, 0.3) is 0 Å². The van der Waals surface area contributed by atoms with Crippen LogP contribution in [0.2, 0.25) is 0 Å². The van der Waals surface area contributed by atoms with Crippen molar-refractivity contribution in [2.75, 3.05) is 0 Å². The Bertz CT molecular complexity index is 425. The van der Waals surface area contributed by atoms with Crippen molar-refractivity contribution < 1.29 is 13.2 Å². The van der Waals surface area contributed by atoms with Crippen molar-refractivity contribution in [3.8, 4) is 0 Å². The highest BCUT2D eigenvalue weighted by Crippen LogP contribution is 2.37. The predicted molar refractivity (Wildman–Crippen MR) is 66.6 cm³/mol. The van der Waals surface area contributed by atoms with Crippen molar-refractivity contribution in [3.05, 3.63) is 17.5 Å². The Kier molecular flexibility index (Phi) is 4.18. The van der Waals surface area contributed by atoms with Gasteiger partial charge in [-0.2, -0.15) is 18.3 Å². The second kappa shape index (κ2) is 5.53. The maximum atomic E-state index is 12.9. The molecule has 1 fully saturated rings. The molecule has 0 saturated heterocycles. The average molecular weight is 275 g/mol. The third-order valence-corrected chi connectivity index (χ3v) is 4.08. The number of nitrogens with zero attached hydrogens (tertiary/aromatic N) is 2. The predicted octanol–water partition coefficient (Wildman–Crippen LogP) is 2.94. The molecule has 3 nitrogen and oxygen atoms in total. The van der Waals surface area contributed by atoms with Crippen LogP contribution >= 0.6 is 0 Å². The molecule has 0 aromatic carbocycles. The number of hydrogen-bond acceptors (Lipinski definition) is 2. The van der Waals surface area contributed by atoms with Crippen molar-refractivity contribution in [1.82, 2.24) is 15.1 Å². The molecule has 1 aliphatic carbocycles. The van der Waals surface area contributed by atoms with E-state index < -0.39 is 18.1 Å². The van der Waals surface area contributed by atoms with E-state index in [1.165, 1.54) is 0 Å². The molecule has 0 amide bonds. The van der Waals surface area contributed by atoms with Gasteiger partial charge in [0, 0.05) is 30.9 Å². The summed E-state index contributed by atoms with van der Waals surface area (Å²) in [5.41, 5.74) is 1.96. The topological polar surface area (TPSA) is 29.9 Å². The Labute approximate surface area is 111 Å². The van der Waals surface area contributed by atoms with E-state index in [9.17, 15) is 13.2 Å². The largest absolute Gasteiger partial charge is 0.393 e. The third kappa shape index (κ3) is 3.29. The summed E-state index contributed by atoms with van der Waals surface area (Å²) in [6.07, 6.45) is 0.0110. The number of halogens is 3. The van der Waals surface area contributed by atoms with Crippen LogP contribution in [0, 0.1) is 12.8 Å². The lowest BCUT2D eigenvalue weighted by molar-refractivity contribution is -0.189. The first-order valence-corrected chi connectivity index (χ1v) is 6.67. The fourth-order valence-corrected chi connectivity index (χ4v) is 2.73. The van der Waals surface area contributed by atoms with Crippen LogP contribution in [0.3, 0.4) is 0 Å². The minimum absolute atomic E-state index is 0.243. The number of aromatic nitrogens is 2. The molecule has 0 radical (unpaired) electrons. The Morgan fingerprint density at radius 2 is 2.05 bits per heavy atom. The molecular weight excluding hydrogens is 255 g/mol. The van der Waals surface area contributed by atoms with Crippen molar-refractivity contribution in [3.63, 3.8) is 0 Å². The smallest absolute Gasteiger partial charge is 0.309 e. The standard InChI is InChI=1S/C13H20F3N3/c1-9-10(8-18-19(9)2)7-17-12-6-4-3-5-11(12)13(14,15)16/h8,11-12,17H,3-7H2,1-2H3. The summed E-state index contributed by atoms with van der Waals surface area (Å²) in [5, 5.41) is 7.18. The molecule has 2 unspecified atom stereocenters. The molecular formula is C13H20F3N3. The van der Waals surface area contributed by atoms with Gasteiger partial charge in [-0.25, -0.2) is 0 Å². The SMILES string of the molecule is Cc1c(CNC2CCCCC2C(F)(F)F)cnn1C. The Morgan fingerprint density at radius 1 is 1.37 bits per heavy atom. The first-order chi connectivity index (χ1) is 8.89. The summed E-state index contributed by atoms with van der Waals surface area (Å²) in [5.74, 6) is -1.21. The Balaban J connectivity index is 1.99. The van der Waals surface area contributed by atoms with Crippen LogP contribution in [0.25, 0.3) is 0 Å². The number of alkyl halides is 3. The van der Waals surface area contributed by atoms with Gasteiger partial charge in [0.15, 0.2) is 0 Å². The van der Waals surface area contributed by atoms with Gasteiger partial charge >= 0.3 is 6.18 Å². The minimum atomic E-state index is -4.10. The highest BCUT2D eigenvalue weighted by atomic mass is 19.4. The second-order valence-electron chi connectivity index (χ2n) is 5.30. The van der Waals surface area contributed by atoms with Crippen molar-refractivity contribution in [2.45, 2.75) is 51.4 Å². The van der Waals surface area contributed by atoms with Gasteiger partial charge in [0.1, 0.15) is 0 Å². The van der Waals surface area contributed by atoms with E-state index in [1.807, 2.05) is 14.0 Å². The molecule has 108 valence electrons. The van der Waals surface area contributed by atoms with Crippen LogP contribution < -0.4 is 5.32 Å². The number of nitrogens with one attached hydrogen (secondary N) is 1. The summed E-state index contributed by atoms with van der Waals surface area (Å²) >= 11 is 0. The highest BCUT2D eigenvalue weighted by Gasteiger charge is 2.45. The molecule has 19 heavy (non-hydrogen) atoms. The zero-order valence-corrected chi connectivity index (χ0v) is 11.3. The van der Waals surface area contributed by atoms with Crippen molar-refractivity contribution in [1.29, 1.82) is 0 Å². The fraction of sp³-hybridized carbons (Fsp3) is 0.769. The first-order valence-electron chi connectivity index (χ1n) is 6.67. The molecule has 0 bridgehead atoms. The molecule has 1 aromatic heterocycles. The quantitative estimate of drug-likeness (QED) is 0.919. The summed E-state index contributed by atoms with van der Waals surface area (Å²) < 4.78 is 40.6. The molecule has 2 rings (SSSR count). The van der Waals surface area contributed by atoms with E-state index in [0.29, 0.717) is 19.4 Å². The molecule has 2 atom stereocenters. The summed E-state index contributed by atoms with van der Waals surface area (Å²) in [6, 6.07) is -0.464. The van der Waals surface area contributed by atoms with Gasteiger partial charge < -0.3 is 5.32 Å². The van der Waals surface area contributed by atoms with Crippen LogP contribution in [0.1, 0.15) is 36.9 Å². The lowest BCUT2D eigenvalue weighted by Crippen LogP contribution is -2.45. The lowest BCUT2D eigenvalue weighted by atomic mass is 9.84. The zero-order valence-electron chi connectivity index (χ0n) is 11.3. The van der Waals surface area contributed by atoms with E-state index in [4.69, 9.17) is 0 Å². The van der Waals surface area contributed by atoms with Crippen LogP contribution in [0.5, 0.6) is 0 Å². The fourth-order valence-electron chi connectivity index (χ4n) is 2.73. The van der Waals surface area contributed by atoms with E-state index in [-0.39, 0.29) is 6.42 Å².